The van der Waals surface area contributed by atoms with E-state index in [-0.39, 0.29) is 6.04 Å². The van der Waals surface area contributed by atoms with Crippen LogP contribution in [0.2, 0.25) is 0 Å². The quantitative estimate of drug-likeness (QED) is 0.721. The summed E-state index contributed by atoms with van der Waals surface area (Å²) < 4.78 is 32.6. The maximum absolute atomic E-state index is 13.7. The van der Waals surface area contributed by atoms with Gasteiger partial charge in [0.25, 0.3) is 11.8 Å². The summed E-state index contributed by atoms with van der Waals surface area (Å²) in [6, 6.07) is 2.00. The molecule has 0 aliphatic heterocycles. The Morgan fingerprint density at radius 3 is 2.19 bits per heavy atom. The van der Waals surface area contributed by atoms with Crippen LogP contribution in [0.4, 0.5) is 8.78 Å². The number of carbonyl (C=O) groups is 3. The van der Waals surface area contributed by atoms with Gasteiger partial charge in [0, 0.05) is 6.04 Å². The number of rotatable bonds is 7. The van der Waals surface area contributed by atoms with Crippen molar-refractivity contribution < 1.29 is 27.9 Å². The molecule has 1 aliphatic carbocycles. The lowest BCUT2D eigenvalue weighted by molar-refractivity contribution is -0.157. The van der Waals surface area contributed by atoms with Gasteiger partial charge in [-0.05, 0) is 37.8 Å². The van der Waals surface area contributed by atoms with Crippen molar-refractivity contribution >= 4 is 17.8 Å². The first kappa shape index (κ1) is 19.8. The molecule has 0 aromatic heterocycles. The van der Waals surface area contributed by atoms with E-state index in [4.69, 9.17) is 4.74 Å². The number of benzene rings is 1. The summed E-state index contributed by atoms with van der Waals surface area (Å²) in [5.41, 5.74) is -0.773. The highest BCUT2D eigenvalue weighted by atomic mass is 19.1. The van der Waals surface area contributed by atoms with Crippen molar-refractivity contribution in [3.8, 4) is 0 Å². The van der Waals surface area contributed by atoms with Crippen LogP contribution in [-0.2, 0) is 14.3 Å². The predicted molar refractivity (Wildman–Crippen MR) is 89.2 cm³/mol. The molecule has 2 atom stereocenters. The van der Waals surface area contributed by atoms with Crippen LogP contribution in [0.1, 0.15) is 44.0 Å². The Balaban J connectivity index is 2.04. The molecular weight excluding hydrogens is 346 g/mol. The molecule has 2 rings (SSSR count). The third-order valence-corrected chi connectivity index (χ3v) is 3.98. The molecule has 0 unspecified atom stereocenters. The van der Waals surface area contributed by atoms with E-state index in [1.165, 1.54) is 6.92 Å². The molecule has 0 heterocycles. The molecule has 8 heteroatoms. The number of amides is 2. The van der Waals surface area contributed by atoms with Crippen molar-refractivity contribution in [1.29, 1.82) is 0 Å². The maximum Gasteiger partial charge on any atom is 0.329 e. The monoisotopic (exact) mass is 368 g/mol. The molecule has 0 radical (unpaired) electrons. The first-order valence-corrected chi connectivity index (χ1v) is 8.46. The van der Waals surface area contributed by atoms with Crippen molar-refractivity contribution in [3.63, 3.8) is 0 Å². The largest absolute Gasteiger partial charge is 0.451 e. The summed E-state index contributed by atoms with van der Waals surface area (Å²) in [5.74, 6) is -4.81. The first-order chi connectivity index (χ1) is 12.2. The molecule has 2 amide bonds. The van der Waals surface area contributed by atoms with E-state index in [1.807, 2.05) is 0 Å². The molecule has 0 bridgehead atoms. The average molecular weight is 368 g/mol. The molecule has 1 aromatic rings. The van der Waals surface area contributed by atoms with Gasteiger partial charge in [-0.2, -0.15) is 0 Å². The highest BCUT2D eigenvalue weighted by molar-refractivity contribution is 5.97. The zero-order valence-electron chi connectivity index (χ0n) is 14.8. The van der Waals surface area contributed by atoms with E-state index >= 15 is 0 Å². The van der Waals surface area contributed by atoms with Gasteiger partial charge in [-0.1, -0.05) is 19.9 Å². The Morgan fingerprint density at radius 2 is 1.69 bits per heavy atom. The summed E-state index contributed by atoms with van der Waals surface area (Å²) in [5, 5.41) is 4.99. The fourth-order valence-electron chi connectivity index (χ4n) is 2.27. The molecule has 1 aromatic carbocycles. The third kappa shape index (κ3) is 5.00. The van der Waals surface area contributed by atoms with Gasteiger partial charge < -0.3 is 15.4 Å². The van der Waals surface area contributed by atoms with Crippen LogP contribution in [-0.4, -0.2) is 36.0 Å². The normalized spacial score (nSPS) is 15.9. The minimum atomic E-state index is -1.15. The van der Waals surface area contributed by atoms with Gasteiger partial charge in [0.15, 0.2) is 6.10 Å². The van der Waals surface area contributed by atoms with Crippen LogP contribution in [0.5, 0.6) is 0 Å². The molecule has 2 N–H and O–H groups in total. The number of hydrogen-bond donors (Lipinski definition) is 2. The molecule has 6 nitrogen and oxygen atoms in total. The Labute approximate surface area is 150 Å². The van der Waals surface area contributed by atoms with Crippen molar-refractivity contribution in [2.45, 2.75) is 51.8 Å². The maximum atomic E-state index is 13.7. The van der Waals surface area contributed by atoms with E-state index in [1.54, 1.807) is 13.8 Å². The molecular formula is C18H22F2N2O4. The Bertz CT molecular complexity index is 684. The molecule has 0 saturated heterocycles. The van der Waals surface area contributed by atoms with E-state index in [2.05, 4.69) is 10.6 Å². The number of ether oxygens (including phenoxy) is 1. The van der Waals surface area contributed by atoms with Crippen LogP contribution in [0.15, 0.2) is 18.2 Å². The van der Waals surface area contributed by atoms with E-state index in [9.17, 15) is 23.2 Å². The average Bonchev–Trinajstić information content (AvgIpc) is 3.35. The van der Waals surface area contributed by atoms with Crippen LogP contribution in [0, 0.1) is 17.6 Å². The van der Waals surface area contributed by atoms with Crippen LogP contribution < -0.4 is 10.6 Å². The van der Waals surface area contributed by atoms with Crippen molar-refractivity contribution in [1.82, 2.24) is 10.6 Å². The summed E-state index contributed by atoms with van der Waals surface area (Å²) in [6.45, 7) is 4.70. The molecule has 1 aliphatic rings. The second-order valence-corrected chi connectivity index (χ2v) is 6.65. The van der Waals surface area contributed by atoms with Gasteiger partial charge in [-0.25, -0.2) is 13.6 Å². The smallest absolute Gasteiger partial charge is 0.329 e. The lowest BCUT2D eigenvalue weighted by atomic mass is 10.0. The van der Waals surface area contributed by atoms with Crippen LogP contribution in [0.25, 0.3) is 0 Å². The van der Waals surface area contributed by atoms with Gasteiger partial charge in [-0.15, -0.1) is 0 Å². The van der Waals surface area contributed by atoms with Crippen molar-refractivity contribution in [2.75, 3.05) is 0 Å². The summed E-state index contributed by atoms with van der Waals surface area (Å²) in [7, 11) is 0. The van der Waals surface area contributed by atoms with E-state index in [0.717, 1.165) is 31.0 Å². The minimum absolute atomic E-state index is 0.119. The SMILES string of the molecule is CC(C)[C@H](NC(=O)c1c(F)cccc1F)C(=O)O[C@@H](C)C(=O)NC1CC1. The standard InChI is InChI=1S/C18H22F2N2O4/c1-9(2)15(18(25)26-10(3)16(23)21-11-7-8-11)22-17(24)14-12(19)5-4-6-13(14)20/h4-6,9-11,15H,7-8H2,1-3H3,(H,21,23)(H,22,24)/t10-,15-/m0/s1. The molecule has 1 fully saturated rings. The zero-order chi connectivity index (χ0) is 19.4. The lowest BCUT2D eigenvalue weighted by Gasteiger charge is -2.23. The fourth-order valence-corrected chi connectivity index (χ4v) is 2.27. The molecule has 26 heavy (non-hydrogen) atoms. The number of carbonyl (C=O) groups excluding carboxylic acids is 3. The Kier molecular flexibility index (Phi) is 6.28. The summed E-state index contributed by atoms with van der Waals surface area (Å²) in [4.78, 5) is 36.4. The highest BCUT2D eigenvalue weighted by Gasteiger charge is 2.32. The van der Waals surface area contributed by atoms with Gasteiger partial charge in [0.05, 0.1) is 0 Å². The lowest BCUT2D eigenvalue weighted by Crippen LogP contribution is -2.48. The van der Waals surface area contributed by atoms with Gasteiger partial charge in [0.2, 0.25) is 0 Å². The van der Waals surface area contributed by atoms with E-state index in [0.29, 0.717) is 0 Å². The Hall–Kier alpha value is -2.51. The van der Waals surface area contributed by atoms with Crippen molar-refractivity contribution in [3.05, 3.63) is 35.4 Å². The van der Waals surface area contributed by atoms with Gasteiger partial charge in [0.1, 0.15) is 23.2 Å². The summed E-state index contributed by atoms with van der Waals surface area (Å²) in [6.07, 6.45) is 0.753. The first-order valence-electron chi connectivity index (χ1n) is 8.46. The summed E-state index contributed by atoms with van der Waals surface area (Å²) >= 11 is 0. The number of halogens is 2. The zero-order valence-corrected chi connectivity index (χ0v) is 14.8. The van der Waals surface area contributed by atoms with Crippen LogP contribution in [0.3, 0.4) is 0 Å². The number of nitrogens with one attached hydrogen (secondary N) is 2. The van der Waals surface area contributed by atoms with Crippen molar-refractivity contribution in [2.24, 2.45) is 5.92 Å². The number of esters is 1. The van der Waals surface area contributed by atoms with E-state index < -0.39 is 53.0 Å². The van der Waals surface area contributed by atoms with Crippen LogP contribution >= 0.6 is 0 Å². The third-order valence-electron chi connectivity index (χ3n) is 3.98. The predicted octanol–water partition coefficient (Wildman–Crippen LogP) is 1.93. The molecule has 1 saturated carbocycles. The second kappa shape index (κ2) is 8.25. The number of hydrogen-bond acceptors (Lipinski definition) is 4. The molecule has 142 valence electrons. The topological polar surface area (TPSA) is 84.5 Å². The van der Waals surface area contributed by atoms with Gasteiger partial charge in [-0.3, -0.25) is 9.59 Å². The molecule has 0 spiro atoms. The highest BCUT2D eigenvalue weighted by Crippen LogP contribution is 2.19. The van der Waals surface area contributed by atoms with Gasteiger partial charge >= 0.3 is 5.97 Å². The minimum Gasteiger partial charge on any atom is -0.451 e. The fraction of sp³-hybridized carbons (Fsp3) is 0.500. The second-order valence-electron chi connectivity index (χ2n) is 6.65. The Morgan fingerprint density at radius 1 is 1.12 bits per heavy atom.